The van der Waals surface area contributed by atoms with Crippen LogP contribution in [0.15, 0.2) is 41.4 Å². The zero-order valence-electron chi connectivity index (χ0n) is 19.1. The van der Waals surface area contributed by atoms with Crippen LogP contribution in [0.2, 0.25) is 5.02 Å². The second kappa shape index (κ2) is 8.84. The number of piperazine rings is 1. The molecule has 2 aliphatic rings. The second-order valence-corrected chi connectivity index (χ2v) is 11.2. The highest BCUT2D eigenvalue weighted by Gasteiger charge is 2.43. The third kappa shape index (κ3) is 4.15. The van der Waals surface area contributed by atoms with Crippen molar-refractivity contribution in [3.05, 3.63) is 47.1 Å². The molecule has 0 spiro atoms. The Morgan fingerprint density at radius 2 is 1.91 bits per heavy atom. The number of likely N-dealkylation sites (N-methyl/N-ethyl adjacent to an activating group) is 1. The highest BCUT2D eigenvalue weighted by Crippen LogP contribution is 2.33. The van der Waals surface area contributed by atoms with Crippen molar-refractivity contribution in [3.8, 4) is 0 Å². The van der Waals surface area contributed by atoms with Crippen molar-refractivity contribution in [2.75, 3.05) is 50.0 Å². The molecule has 2 fully saturated rings. The van der Waals surface area contributed by atoms with Gasteiger partial charge in [-0.05, 0) is 56.3 Å². The summed E-state index contributed by atoms with van der Waals surface area (Å²) in [6.45, 7) is 5.83. The first-order valence-corrected chi connectivity index (χ1v) is 13.1. The fraction of sp³-hybridized carbons (Fsp3) is 0.391. The van der Waals surface area contributed by atoms with Gasteiger partial charge >= 0.3 is 0 Å². The molecule has 180 valence electrons. The van der Waals surface area contributed by atoms with Crippen molar-refractivity contribution in [2.45, 2.75) is 24.3 Å². The number of fused-ring (bicyclic) bond motifs is 1. The van der Waals surface area contributed by atoms with Crippen LogP contribution < -0.4 is 10.2 Å². The molecule has 5 rings (SSSR count). The normalized spacial score (nSPS) is 19.9. The van der Waals surface area contributed by atoms with Crippen LogP contribution in [0.25, 0.3) is 10.9 Å². The first kappa shape index (κ1) is 23.1. The van der Waals surface area contributed by atoms with E-state index in [4.69, 9.17) is 11.6 Å². The molecule has 2 N–H and O–H groups in total. The number of carbonyl (C=O) groups excluding carboxylic acids is 1. The van der Waals surface area contributed by atoms with Crippen molar-refractivity contribution in [1.82, 2.24) is 19.4 Å². The highest BCUT2D eigenvalue weighted by molar-refractivity contribution is 7.89. The molecule has 1 amide bonds. The number of aromatic amines is 1. The Labute approximate surface area is 203 Å². The molecule has 1 atom stereocenters. The zero-order valence-corrected chi connectivity index (χ0v) is 20.7. The summed E-state index contributed by atoms with van der Waals surface area (Å²) in [6, 6.07) is 8.14. The van der Waals surface area contributed by atoms with Crippen molar-refractivity contribution in [1.29, 1.82) is 0 Å². The van der Waals surface area contributed by atoms with Crippen molar-refractivity contribution >= 4 is 49.8 Å². The standard InChI is InChI=1S/C23H27ClN6O3S/c1-15-11-16-14-25-27-22(16)21(12-15)34(32,33)30-6-5-20(30)23(31)26-17-3-4-19(18(24)13-17)29-9-7-28(2)8-10-29/h3-4,11-14,20H,5-10H2,1-2H3,(H,25,27)(H,26,31)/t20-/m0/s1. The maximum absolute atomic E-state index is 13.4. The number of aryl methyl sites for hydroxylation is 1. The van der Waals surface area contributed by atoms with E-state index >= 15 is 0 Å². The van der Waals surface area contributed by atoms with E-state index in [9.17, 15) is 13.2 Å². The van der Waals surface area contributed by atoms with Gasteiger partial charge in [0.15, 0.2) is 0 Å². The molecule has 2 aliphatic heterocycles. The average molecular weight is 503 g/mol. The molecular weight excluding hydrogens is 476 g/mol. The maximum atomic E-state index is 13.4. The molecular formula is C23H27ClN6O3S. The number of H-pyrrole nitrogens is 1. The van der Waals surface area contributed by atoms with Gasteiger partial charge in [-0.25, -0.2) is 8.42 Å². The number of nitrogens with zero attached hydrogens (tertiary/aromatic N) is 4. The number of rotatable bonds is 5. The van der Waals surface area contributed by atoms with Gasteiger partial charge in [-0.2, -0.15) is 9.40 Å². The third-order valence-electron chi connectivity index (χ3n) is 6.58. The fourth-order valence-corrected chi connectivity index (χ4v) is 6.72. The number of sulfonamides is 1. The number of halogens is 1. The Morgan fingerprint density at radius 1 is 1.15 bits per heavy atom. The van der Waals surface area contributed by atoms with E-state index in [2.05, 4.69) is 32.4 Å². The summed E-state index contributed by atoms with van der Waals surface area (Å²) in [7, 11) is -1.78. The molecule has 9 nitrogen and oxygen atoms in total. The van der Waals surface area contributed by atoms with Gasteiger partial charge in [-0.15, -0.1) is 0 Å². The number of hydrogen-bond acceptors (Lipinski definition) is 6. The lowest BCUT2D eigenvalue weighted by molar-refractivity contribution is -0.122. The molecule has 3 aromatic rings. The van der Waals surface area contributed by atoms with E-state index < -0.39 is 16.1 Å². The largest absolute Gasteiger partial charge is 0.368 e. The lowest BCUT2D eigenvalue weighted by Crippen LogP contribution is -2.56. The Kier molecular flexibility index (Phi) is 6.01. The Hall–Kier alpha value is -2.66. The zero-order chi connectivity index (χ0) is 24.0. The highest BCUT2D eigenvalue weighted by atomic mass is 35.5. The van der Waals surface area contributed by atoms with Crippen LogP contribution in [0.5, 0.6) is 0 Å². The molecule has 34 heavy (non-hydrogen) atoms. The minimum atomic E-state index is -3.88. The second-order valence-electron chi connectivity index (χ2n) is 8.96. The number of amides is 1. The predicted molar refractivity (Wildman–Crippen MR) is 133 cm³/mol. The van der Waals surface area contributed by atoms with E-state index in [1.807, 2.05) is 25.1 Å². The quantitative estimate of drug-likeness (QED) is 0.556. The van der Waals surface area contributed by atoms with E-state index in [1.165, 1.54) is 4.31 Å². The Bertz CT molecular complexity index is 1350. The molecule has 3 heterocycles. The number of nitrogens with one attached hydrogen (secondary N) is 2. The van der Waals surface area contributed by atoms with E-state index in [0.29, 0.717) is 22.6 Å². The summed E-state index contributed by atoms with van der Waals surface area (Å²) in [4.78, 5) is 17.6. The van der Waals surface area contributed by atoms with Crippen LogP contribution in [0.3, 0.4) is 0 Å². The number of aromatic nitrogens is 2. The summed E-state index contributed by atoms with van der Waals surface area (Å²) in [5, 5.41) is 10.9. The summed E-state index contributed by atoms with van der Waals surface area (Å²) >= 11 is 6.53. The first-order chi connectivity index (χ1) is 16.2. The minimum absolute atomic E-state index is 0.136. The predicted octanol–water partition coefficient (Wildman–Crippen LogP) is 2.68. The Balaban J connectivity index is 1.32. The maximum Gasteiger partial charge on any atom is 0.245 e. The van der Waals surface area contributed by atoms with Gasteiger partial charge in [0.2, 0.25) is 15.9 Å². The van der Waals surface area contributed by atoms with Gasteiger partial charge < -0.3 is 15.1 Å². The monoisotopic (exact) mass is 502 g/mol. The lowest BCUT2D eigenvalue weighted by Gasteiger charge is -2.38. The van der Waals surface area contributed by atoms with Gasteiger partial charge in [0.25, 0.3) is 0 Å². The van der Waals surface area contributed by atoms with Crippen molar-refractivity contribution in [3.63, 3.8) is 0 Å². The van der Waals surface area contributed by atoms with Gasteiger partial charge in [0.1, 0.15) is 10.9 Å². The van der Waals surface area contributed by atoms with Crippen LogP contribution in [-0.4, -0.2) is 79.5 Å². The van der Waals surface area contributed by atoms with E-state index in [0.717, 1.165) is 42.8 Å². The number of carbonyl (C=O) groups is 1. The van der Waals surface area contributed by atoms with E-state index in [-0.39, 0.29) is 17.3 Å². The van der Waals surface area contributed by atoms with Crippen LogP contribution in [0.4, 0.5) is 11.4 Å². The summed E-state index contributed by atoms with van der Waals surface area (Å²) in [6.07, 6.45) is 2.05. The van der Waals surface area contributed by atoms with Gasteiger partial charge in [-0.3, -0.25) is 9.89 Å². The molecule has 2 aromatic carbocycles. The minimum Gasteiger partial charge on any atom is -0.368 e. The molecule has 0 unspecified atom stereocenters. The smallest absolute Gasteiger partial charge is 0.245 e. The molecule has 2 saturated heterocycles. The molecule has 1 aromatic heterocycles. The van der Waals surface area contributed by atoms with Gasteiger partial charge in [-0.1, -0.05) is 11.6 Å². The van der Waals surface area contributed by atoms with E-state index in [1.54, 1.807) is 18.3 Å². The van der Waals surface area contributed by atoms with Gasteiger partial charge in [0.05, 0.1) is 22.4 Å². The topological polar surface area (TPSA) is 102 Å². The number of anilines is 2. The molecule has 11 heteroatoms. The summed E-state index contributed by atoms with van der Waals surface area (Å²) in [5.74, 6) is -0.369. The SMILES string of the molecule is Cc1cc(S(=O)(=O)N2CC[C@H]2C(=O)Nc2ccc(N3CCN(C)CC3)c(Cl)c2)c2[nH]ncc2c1. The number of hydrogen-bond donors (Lipinski definition) is 2. The molecule has 0 aliphatic carbocycles. The summed E-state index contributed by atoms with van der Waals surface area (Å²) < 4.78 is 28.1. The summed E-state index contributed by atoms with van der Waals surface area (Å²) in [5.41, 5.74) is 2.74. The van der Waals surface area contributed by atoms with Crippen LogP contribution in [0, 0.1) is 6.92 Å². The Morgan fingerprint density at radius 3 is 2.59 bits per heavy atom. The molecule has 0 bridgehead atoms. The molecule has 0 radical (unpaired) electrons. The van der Waals surface area contributed by atoms with Crippen LogP contribution >= 0.6 is 11.6 Å². The van der Waals surface area contributed by atoms with Crippen molar-refractivity contribution < 1.29 is 13.2 Å². The van der Waals surface area contributed by atoms with Crippen molar-refractivity contribution in [2.24, 2.45) is 0 Å². The van der Waals surface area contributed by atoms with Crippen LogP contribution in [0.1, 0.15) is 12.0 Å². The molecule has 0 saturated carbocycles. The number of benzene rings is 2. The third-order valence-corrected chi connectivity index (χ3v) is 8.81. The fourth-order valence-electron chi connectivity index (χ4n) is 4.53. The van der Waals surface area contributed by atoms with Crippen LogP contribution in [-0.2, 0) is 14.8 Å². The van der Waals surface area contributed by atoms with Gasteiger partial charge in [0, 0.05) is 43.8 Å². The average Bonchev–Trinajstić information content (AvgIpc) is 3.21. The lowest BCUT2D eigenvalue weighted by atomic mass is 10.1. The first-order valence-electron chi connectivity index (χ1n) is 11.2.